The van der Waals surface area contributed by atoms with Crippen LogP contribution in [0.4, 0.5) is 5.69 Å². The summed E-state index contributed by atoms with van der Waals surface area (Å²) in [4.78, 5) is 26.7. The lowest BCUT2D eigenvalue weighted by Crippen LogP contribution is -2.24. The Hall–Kier alpha value is -2.76. The van der Waals surface area contributed by atoms with E-state index in [9.17, 15) is 9.59 Å². The van der Waals surface area contributed by atoms with Crippen molar-refractivity contribution in [1.82, 2.24) is 0 Å². The Labute approximate surface area is 185 Å². The summed E-state index contributed by atoms with van der Waals surface area (Å²) in [6, 6.07) is 24.4. The highest BCUT2D eigenvalue weighted by molar-refractivity contribution is 7.99. The summed E-state index contributed by atoms with van der Waals surface area (Å²) in [5.74, 6) is -1.16. The number of benzene rings is 3. The second-order valence-corrected chi connectivity index (χ2v) is 8.13. The minimum absolute atomic E-state index is 0.331. The number of carbonyl (C=O) groups is 2. The standard InChI is InChI=1S/C24H22ClNO3S/c1-2-20(17-8-4-3-5-9-17)24(28)29-16-23(27)26-21-10-6-7-11-22(21)30-19-14-12-18(25)13-15-19/h3-15,20H,2,16H2,1H3,(H,26,27)/t20-/m0/s1. The average molecular weight is 440 g/mol. The molecule has 0 aliphatic rings. The zero-order valence-corrected chi connectivity index (χ0v) is 18.1. The summed E-state index contributed by atoms with van der Waals surface area (Å²) in [6.45, 7) is 1.59. The van der Waals surface area contributed by atoms with Crippen LogP contribution in [0, 0.1) is 0 Å². The molecule has 0 unspecified atom stereocenters. The number of anilines is 1. The highest BCUT2D eigenvalue weighted by atomic mass is 35.5. The Morgan fingerprint density at radius 2 is 1.63 bits per heavy atom. The molecule has 1 amide bonds. The van der Waals surface area contributed by atoms with Crippen LogP contribution in [0.5, 0.6) is 0 Å². The molecule has 0 radical (unpaired) electrons. The molecule has 0 saturated carbocycles. The predicted octanol–water partition coefficient (Wildman–Crippen LogP) is 6.17. The van der Waals surface area contributed by atoms with Crippen molar-refractivity contribution in [2.75, 3.05) is 11.9 Å². The Morgan fingerprint density at radius 3 is 2.33 bits per heavy atom. The lowest BCUT2D eigenvalue weighted by molar-refractivity contribution is -0.149. The number of para-hydroxylation sites is 1. The van der Waals surface area contributed by atoms with E-state index in [1.54, 1.807) is 0 Å². The maximum absolute atomic E-state index is 12.5. The van der Waals surface area contributed by atoms with Crippen molar-refractivity contribution in [2.45, 2.75) is 29.1 Å². The lowest BCUT2D eigenvalue weighted by atomic mass is 9.97. The molecular formula is C24H22ClNO3S. The van der Waals surface area contributed by atoms with Crippen molar-refractivity contribution in [1.29, 1.82) is 0 Å². The van der Waals surface area contributed by atoms with Gasteiger partial charge in [-0.2, -0.15) is 0 Å². The molecule has 0 fully saturated rings. The van der Waals surface area contributed by atoms with Crippen molar-refractivity contribution in [3.05, 3.63) is 89.4 Å². The quantitative estimate of drug-likeness (QED) is 0.426. The van der Waals surface area contributed by atoms with E-state index < -0.39 is 5.97 Å². The first-order valence-corrected chi connectivity index (χ1v) is 10.8. The lowest BCUT2D eigenvalue weighted by Gasteiger charge is -2.15. The topological polar surface area (TPSA) is 55.4 Å². The molecule has 1 atom stereocenters. The van der Waals surface area contributed by atoms with Crippen molar-refractivity contribution < 1.29 is 14.3 Å². The number of amides is 1. The van der Waals surface area contributed by atoms with E-state index in [0.717, 1.165) is 15.4 Å². The fourth-order valence-corrected chi connectivity index (χ4v) is 3.96. The van der Waals surface area contributed by atoms with Gasteiger partial charge in [0, 0.05) is 14.8 Å². The van der Waals surface area contributed by atoms with Crippen LogP contribution in [0.15, 0.2) is 88.7 Å². The van der Waals surface area contributed by atoms with E-state index in [1.807, 2.05) is 85.8 Å². The molecule has 3 aromatic rings. The number of hydrogen-bond donors (Lipinski definition) is 1. The van der Waals surface area contributed by atoms with Crippen molar-refractivity contribution >= 4 is 40.9 Å². The van der Waals surface area contributed by atoms with Crippen molar-refractivity contribution in [2.24, 2.45) is 0 Å². The molecule has 0 aliphatic carbocycles. The van der Waals surface area contributed by atoms with Gasteiger partial charge in [0.25, 0.3) is 5.91 Å². The molecule has 0 heterocycles. The Kier molecular flexibility index (Phi) is 7.94. The maximum Gasteiger partial charge on any atom is 0.313 e. The molecule has 0 aliphatic heterocycles. The third kappa shape index (κ3) is 6.12. The van der Waals surface area contributed by atoms with E-state index >= 15 is 0 Å². The molecule has 30 heavy (non-hydrogen) atoms. The van der Waals surface area contributed by atoms with Gasteiger partial charge in [-0.3, -0.25) is 9.59 Å². The van der Waals surface area contributed by atoms with Gasteiger partial charge in [-0.05, 0) is 48.4 Å². The number of ether oxygens (including phenoxy) is 1. The monoisotopic (exact) mass is 439 g/mol. The van der Waals surface area contributed by atoms with Gasteiger partial charge in [-0.15, -0.1) is 0 Å². The molecule has 1 N–H and O–H groups in total. The molecule has 0 spiro atoms. The zero-order valence-electron chi connectivity index (χ0n) is 16.5. The van der Waals surface area contributed by atoms with E-state index in [4.69, 9.17) is 16.3 Å². The van der Waals surface area contributed by atoms with Crippen molar-refractivity contribution in [3.8, 4) is 0 Å². The van der Waals surface area contributed by atoms with E-state index in [1.165, 1.54) is 11.8 Å². The highest BCUT2D eigenvalue weighted by Crippen LogP contribution is 2.33. The fourth-order valence-electron chi connectivity index (χ4n) is 2.94. The van der Waals surface area contributed by atoms with Gasteiger partial charge in [0.1, 0.15) is 0 Å². The van der Waals surface area contributed by atoms with Crippen LogP contribution in [0.25, 0.3) is 0 Å². The number of carbonyl (C=O) groups excluding carboxylic acids is 2. The number of esters is 1. The van der Waals surface area contributed by atoms with Crippen LogP contribution < -0.4 is 5.32 Å². The van der Waals surface area contributed by atoms with Crippen LogP contribution in [0.3, 0.4) is 0 Å². The van der Waals surface area contributed by atoms with Crippen LogP contribution in [-0.2, 0) is 14.3 Å². The first kappa shape index (κ1) is 21.9. The molecule has 0 saturated heterocycles. The molecule has 3 rings (SSSR count). The smallest absolute Gasteiger partial charge is 0.313 e. The zero-order chi connectivity index (χ0) is 21.3. The molecule has 0 aromatic heterocycles. The van der Waals surface area contributed by atoms with Crippen LogP contribution in [0.2, 0.25) is 5.02 Å². The molecule has 0 bridgehead atoms. The van der Waals surface area contributed by atoms with Gasteiger partial charge in [0.05, 0.1) is 11.6 Å². The highest BCUT2D eigenvalue weighted by Gasteiger charge is 2.21. The van der Waals surface area contributed by atoms with Crippen LogP contribution >= 0.6 is 23.4 Å². The minimum Gasteiger partial charge on any atom is -0.455 e. The third-order valence-electron chi connectivity index (χ3n) is 4.44. The van der Waals surface area contributed by atoms with Gasteiger partial charge >= 0.3 is 5.97 Å². The van der Waals surface area contributed by atoms with Gasteiger partial charge in [-0.25, -0.2) is 0 Å². The number of nitrogens with one attached hydrogen (secondary N) is 1. The molecule has 6 heteroatoms. The average Bonchev–Trinajstić information content (AvgIpc) is 2.76. The Bertz CT molecular complexity index is 993. The van der Waals surface area contributed by atoms with E-state index in [-0.39, 0.29) is 18.4 Å². The molecule has 4 nitrogen and oxygen atoms in total. The number of hydrogen-bond acceptors (Lipinski definition) is 4. The van der Waals surface area contributed by atoms with Crippen molar-refractivity contribution in [3.63, 3.8) is 0 Å². The maximum atomic E-state index is 12.5. The molecular weight excluding hydrogens is 418 g/mol. The molecule has 154 valence electrons. The Balaban J connectivity index is 1.60. The summed E-state index contributed by atoms with van der Waals surface area (Å²) in [7, 11) is 0. The van der Waals surface area contributed by atoms with Gasteiger partial charge in [0.2, 0.25) is 0 Å². The summed E-state index contributed by atoms with van der Waals surface area (Å²) >= 11 is 7.45. The van der Waals surface area contributed by atoms with E-state index in [0.29, 0.717) is 17.1 Å². The normalized spacial score (nSPS) is 11.5. The SMILES string of the molecule is CC[C@H](C(=O)OCC(=O)Nc1ccccc1Sc1ccc(Cl)cc1)c1ccccc1. The summed E-state index contributed by atoms with van der Waals surface area (Å²) in [5.41, 5.74) is 1.55. The fraction of sp³-hybridized carbons (Fsp3) is 0.167. The second-order valence-electron chi connectivity index (χ2n) is 6.58. The second kappa shape index (κ2) is 10.9. The predicted molar refractivity (Wildman–Crippen MR) is 121 cm³/mol. The van der Waals surface area contributed by atoms with E-state index in [2.05, 4.69) is 5.32 Å². The largest absolute Gasteiger partial charge is 0.455 e. The van der Waals surface area contributed by atoms with Crippen LogP contribution in [-0.4, -0.2) is 18.5 Å². The minimum atomic E-state index is -0.400. The molecule has 3 aromatic carbocycles. The summed E-state index contributed by atoms with van der Waals surface area (Å²) in [5, 5.41) is 3.50. The van der Waals surface area contributed by atoms with Crippen LogP contribution in [0.1, 0.15) is 24.8 Å². The van der Waals surface area contributed by atoms with Gasteiger partial charge in [-0.1, -0.05) is 72.8 Å². The first-order valence-electron chi connectivity index (χ1n) is 9.60. The van der Waals surface area contributed by atoms with Gasteiger partial charge in [0.15, 0.2) is 6.61 Å². The van der Waals surface area contributed by atoms with Gasteiger partial charge < -0.3 is 10.1 Å². The third-order valence-corrected chi connectivity index (χ3v) is 5.78. The summed E-state index contributed by atoms with van der Waals surface area (Å²) < 4.78 is 5.28. The Morgan fingerprint density at radius 1 is 0.967 bits per heavy atom. The first-order chi connectivity index (χ1) is 14.6. The number of halogens is 1. The summed E-state index contributed by atoms with van der Waals surface area (Å²) in [6.07, 6.45) is 0.602. The number of rotatable bonds is 8.